The van der Waals surface area contributed by atoms with Gasteiger partial charge < -0.3 is 0 Å². The normalized spacial score (nSPS) is 18.0. The van der Waals surface area contributed by atoms with Crippen LogP contribution in [0.5, 0.6) is 0 Å². The summed E-state index contributed by atoms with van der Waals surface area (Å²) in [7, 11) is 0. The van der Waals surface area contributed by atoms with Gasteiger partial charge in [-0.2, -0.15) is 0 Å². The number of benzene rings is 1. The predicted octanol–water partition coefficient (Wildman–Crippen LogP) is 1.52. The van der Waals surface area contributed by atoms with Crippen LogP contribution in [-0.2, 0) is 6.42 Å². The fourth-order valence-electron chi connectivity index (χ4n) is 1.88. The van der Waals surface area contributed by atoms with Crippen LogP contribution in [0.4, 0.5) is 0 Å². The van der Waals surface area contributed by atoms with E-state index in [4.69, 9.17) is 0 Å². The van der Waals surface area contributed by atoms with Crippen molar-refractivity contribution in [1.29, 1.82) is 0 Å². The molecule has 0 aliphatic heterocycles. The highest BCUT2D eigenvalue weighted by Crippen LogP contribution is 2.27. The third kappa shape index (κ3) is 1.23. The van der Waals surface area contributed by atoms with Gasteiger partial charge in [-0.25, -0.2) is 0 Å². The number of hydrogen-bond acceptors (Lipinski definition) is 0. The maximum absolute atomic E-state index is 2.36. The Hall–Kier alpha value is -1.30. The van der Waals surface area contributed by atoms with Crippen molar-refractivity contribution in [2.45, 2.75) is 19.3 Å². The SMILES string of the molecule is C1=CCc2cc(=C3CC3)ccc2=C1. The largest absolute Gasteiger partial charge is 0.0801 e. The van der Waals surface area contributed by atoms with Crippen molar-refractivity contribution in [2.24, 2.45) is 0 Å². The Labute approximate surface area is 77.9 Å². The van der Waals surface area contributed by atoms with E-state index >= 15 is 0 Å². The zero-order chi connectivity index (χ0) is 8.67. The van der Waals surface area contributed by atoms with Gasteiger partial charge in [0, 0.05) is 0 Å². The summed E-state index contributed by atoms with van der Waals surface area (Å²) >= 11 is 0. The second-order valence-electron chi connectivity index (χ2n) is 3.82. The van der Waals surface area contributed by atoms with Crippen molar-refractivity contribution >= 4 is 11.6 Å². The molecule has 0 aromatic heterocycles. The molecule has 0 nitrogen and oxygen atoms in total. The van der Waals surface area contributed by atoms with Crippen molar-refractivity contribution in [3.05, 3.63) is 46.4 Å². The second-order valence-corrected chi connectivity index (χ2v) is 3.82. The molecule has 13 heavy (non-hydrogen) atoms. The molecule has 3 rings (SSSR count). The smallest absolute Gasteiger partial charge is 0.00882 e. The third-order valence-electron chi connectivity index (χ3n) is 2.80. The first-order valence-electron chi connectivity index (χ1n) is 4.91. The van der Waals surface area contributed by atoms with Crippen LogP contribution in [0.1, 0.15) is 18.4 Å². The first-order valence-corrected chi connectivity index (χ1v) is 4.91. The van der Waals surface area contributed by atoms with Gasteiger partial charge in [0.1, 0.15) is 0 Å². The lowest BCUT2D eigenvalue weighted by Gasteiger charge is -2.02. The van der Waals surface area contributed by atoms with E-state index in [0.717, 1.165) is 6.42 Å². The first-order chi connectivity index (χ1) is 6.43. The van der Waals surface area contributed by atoms with Crippen LogP contribution in [0, 0.1) is 0 Å². The Morgan fingerprint density at radius 3 is 2.85 bits per heavy atom. The summed E-state index contributed by atoms with van der Waals surface area (Å²) in [6.45, 7) is 0. The minimum absolute atomic E-state index is 1.10. The Bertz CT molecular complexity index is 483. The van der Waals surface area contributed by atoms with Gasteiger partial charge in [-0.1, -0.05) is 42.0 Å². The molecule has 0 saturated heterocycles. The van der Waals surface area contributed by atoms with Crippen LogP contribution in [0.25, 0.3) is 11.6 Å². The Morgan fingerprint density at radius 1 is 1.08 bits per heavy atom. The van der Waals surface area contributed by atoms with Crippen molar-refractivity contribution < 1.29 is 0 Å². The Kier molecular flexibility index (Phi) is 1.42. The fourth-order valence-corrected chi connectivity index (χ4v) is 1.88. The molecule has 1 saturated carbocycles. The zero-order valence-corrected chi connectivity index (χ0v) is 7.59. The molecule has 0 spiro atoms. The quantitative estimate of drug-likeness (QED) is 0.551. The van der Waals surface area contributed by atoms with Crippen LogP contribution < -0.4 is 10.4 Å². The van der Waals surface area contributed by atoms with Crippen LogP contribution in [-0.4, -0.2) is 0 Å². The summed E-state index contributed by atoms with van der Waals surface area (Å²) < 4.78 is 0. The van der Waals surface area contributed by atoms with Crippen LogP contribution in [0.3, 0.4) is 0 Å². The monoisotopic (exact) mass is 168 g/mol. The highest BCUT2D eigenvalue weighted by molar-refractivity contribution is 5.58. The summed E-state index contributed by atoms with van der Waals surface area (Å²) in [4.78, 5) is 0. The number of rotatable bonds is 0. The summed E-state index contributed by atoms with van der Waals surface area (Å²) in [5.74, 6) is 0. The molecule has 0 heteroatoms. The Balaban J connectivity index is 2.29. The van der Waals surface area contributed by atoms with E-state index in [1.54, 1.807) is 5.57 Å². The Morgan fingerprint density at radius 2 is 2.00 bits per heavy atom. The lowest BCUT2D eigenvalue weighted by molar-refractivity contribution is 1.21. The van der Waals surface area contributed by atoms with Gasteiger partial charge in [-0.3, -0.25) is 0 Å². The van der Waals surface area contributed by atoms with E-state index in [2.05, 4.69) is 36.4 Å². The molecular weight excluding hydrogens is 156 g/mol. The van der Waals surface area contributed by atoms with E-state index in [-0.39, 0.29) is 0 Å². The van der Waals surface area contributed by atoms with E-state index in [0.29, 0.717) is 0 Å². The van der Waals surface area contributed by atoms with Gasteiger partial charge in [0.15, 0.2) is 0 Å². The van der Waals surface area contributed by atoms with Gasteiger partial charge in [-0.15, -0.1) is 0 Å². The minimum Gasteiger partial charge on any atom is -0.0801 e. The van der Waals surface area contributed by atoms with E-state index in [1.807, 2.05) is 0 Å². The van der Waals surface area contributed by atoms with Crippen LogP contribution in [0.15, 0.2) is 30.4 Å². The molecule has 2 aliphatic rings. The molecule has 0 amide bonds. The van der Waals surface area contributed by atoms with Crippen molar-refractivity contribution in [3.8, 4) is 0 Å². The molecule has 0 radical (unpaired) electrons. The van der Waals surface area contributed by atoms with E-state index < -0.39 is 0 Å². The predicted molar refractivity (Wildman–Crippen MR) is 55.6 cm³/mol. The molecule has 0 heterocycles. The first kappa shape index (κ1) is 7.14. The van der Waals surface area contributed by atoms with Crippen molar-refractivity contribution in [1.82, 2.24) is 0 Å². The highest BCUT2D eigenvalue weighted by atomic mass is 14.2. The topological polar surface area (TPSA) is 0 Å². The average Bonchev–Trinajstić information content (AvgIpc) is 3.00. The van der Waals surface area contributed by atoms with Gasteiger partial charge in [0.2, 0.25) is 0 Å². The molecule has 0 atom stereocenters. The minimum atomic E-state index is 1.10. The number of hydrogen-bond donors (Lipinski definition) is 0. The lowest BCUT2D eigenvalue weighted by Crippen LogP contribution is -2.15. The van der Waals surface area contributed by atoms with Gasteiger partial charge in [-0.05, 0) is 35.3 Å². The maximum atomic E-state index is 2.36. The zero-order valence-electron chi connectivity index (χ0n) is 7.59. The number of allylic oxidation sites excluding steroid dienone is 2. The average molecular weight is 168 g/mol. The molecule has 1 aromatic carbocycles. The number of fused-ring (bicyclic) bond motifs is 1. The lowest BCUT2D eigenvalue weighted by atomic mass is 10.0. The van der Waals surface area contributed by atoms with Gasteiger partial charge in [0.25, 0.3) is 0 Å². The summed E-state index contributed by atoms with van der Waals surface area (Å²) in [5.41, 5.74) is 3.12. The molecule has 2 aliphatic carbocycles. The van der Waals surface area contributed by atoms with Crippen molar-refractivity contribution in [2.75, 3.05) is 0 Å². The summed E-state index contributed by atoms with van der Waals surface area (Å²) in [5, 5.41) is 2.87. The third-order valence-corrected chi connectivity index (χ3v) is 2.80. The molecular formula is C13H12. The van der Waals surface area contributed by atoms with E-state index in [1.165, 1.54) is 28.8 Å². The van der Waals surface area contributed by atoms with Crippen LogP contribution in [0.2, 0.25) is 0 Å². The van der Waals surface area contributed by atoms with Gasteiger partial charge in [0.05, 0.1) is 0 Å². The molecule has 1 fully saturated rings. The molecule has 0 bridgehead atoms. The molecule has 0 unspecified atom stereocenters. The maximum Gasteiger partial charge on any atom is -0.00882 e. The fraction of sp³-hybridized carbons (Fsp3) is 0.231. The standard InChI is InChI=1S/C13H12/c1-2-4-12-9-13(11-5-6-11)8-7-10(12)3-1/h1-3,7-9H,4-6H2. The van der Waals surface area contributed by atoms with E-state index in [9.17, 15) is 0 Å². The highest BCUT2D eigenvalue weighted by Gasteiger charge is 2.11. The summed E-state index contributed by atoms with van der Waals surface area (Å²) in [6.07, 6.45) is 10.3. The second kappa shape index (κ2) is 2.59. The summed E-state index contributed by atoms with van der Waals surface area (Å²) in [6, 6.07) is 6.87. The molecule has 0 N–H and O–H groups in total. The molecule has 64 valence electrons. The van der Waals surface area contributed by atoms with Crippen molar-refractivity contribution in [3.63, 3.8) is 0 Å². The van der Waals surface area contributed by atoms with Gasteiger partial charge >= 0.3 is 0 Å². The molecule has 1 aromatic rings. The van der Waals surface area contributed by atoms with Crippen LogP contribution >= 0.6 is 0 Å².